The lowest BCUT2D eigenvalue weighted by atomic mass is 9.82. The van der Waals surface area contributed by atoms with Gasteiger partial charge in [0.25, 0.3) is 0 Å². The van der Waals surface area contributed by atoms with Crippen LogP contribution >= 0.6 is 11.8 Å². The molecule has 4 rings (SSSR count). The maximum absolute atomic E-state index is 2.72. The molecule has 2 fully saturated rings. The Bertz CT molecular complexity index is 397. The van der Waals surface area contributed by atoms with Crippen molar-refractivity contribution in [2.24, 2.45) is 11.8 Å². The van der Waals surface area contributed by atoms with Crippen LogP contribution in [0.5, 0.6) is 0 Å². The van der Waals surface area contributed by atoms with Gasteiger partial charge in [-0.25, -0.2) is 0 Å². The standard InChI is InChI=1S/C15H22N2S/c1-16-9-13-12-7-8-18-15(12)14(17(13)10-16)11-5-3-2-4-6-11/h7-9,11-12,14-15H,2-6,10H2,1H3/t12?,14?,15-/m0/s1. The van der Waals surface area contributed by atoms with Crippen molar-refractivity contribution in [1.82, 2.24) is 9.80 Å². The Kier molecular flexibility index (Phi) is 2.65. The van der Waals surface area contributed by atoms with E-state index in [4.69, 9.17) is 0 Å². The third-order valence-corrected chi connectivity index (χ3v) is 6.31. The average Bonchev–Trinajstić information content (AvgIpc) is 3.02. The van der Waals surface area contributed by atoms with Gasteiger partial charge in [-0.3, -0.25) is 0 Å². The fraction of sp³-hybridized carbons (Fsp3) is 0.733. The van der Waals surface area contributed by atoms with Crippen LogP contribution in [0.25, 0.3) is 0 Å². The maximum atomic E-state index is 2.72. The van der Waals surface area contributed by atoms with Crippen LogP contribution in [0.2, 0.25) is 0 Å². The van der Waals surface area contributed by atoms with E-state index < -0.39 is 0 Å². The Labute approximate surface area is 114 Å². The van der Waals surface area contributed by atoms with Gasteiger partial charge in [-0.2, -0.15) is 0 Å². The fourth-order valence-corrected chi connectivity index (χ4v) is 5.73. The molecule has 1 aliphatic carbocycles. The summed E-state index contributed by atoms with van der Waals surface area (Å²) >= 11 is 2.09. The number of hydrogen-bond donors (Lipinski definition) is 0. The molecule has 0 aromatic heterocycles. The first kappa shape index (κ1) is 11.3. The Hall–Kier alpha value is -0.570. The zero-order chi connectivity index (χ0) is 12.1. The van der Waals surface area contributed by atoms with Gasteiger partial charge in [0.15, 0.2) is 0 Å². The number of nitrogens with zero attached hydrogens (tertiary/aromatic N) is 2. The molecule has 0 spiro atoms. The predicted molar refractivity (Wildman–Crippen MR) is 76.9 cm³/mol. The molecule has 3 heteroatoms. The minimum Gasteiger partial charge on any atom is -0.361 e. The SMILES string of the molecule is CN1C=C2C3C=CS[C@@H]3C(C3CCCCC3)N2C1. The zero-order valence-electron chi connectivity index (χ0n) is 11.1. The molecular formula is C15H22N2S. The van der Waals surface area contributed by atoms with Crippen LogP contribution in [0.4, 0.5) is 0 Å². The zero-order valence-corrected chi connectivity index (χ0v) is 11.9. The highest BCUT2D eigenvalue weighted by Crippen LogP contribution is 2.51. The first-order chi connectivity index (χ1) is 8.84. The summed E-state index contributed by atoms with van der Waals surface area (Å²) in [7, 11) is 2.21. The molecule has 3 heterocycles. The molecule has 0 aromatic rings. The molecule has 0 radical (unpaired) electrons. The molecule has 98 valence electrons. The van der Waals surface area contributed by atoms with Gasteiger partial charge in [-0.05, 0) is 24.2 Å². The molecule has 18 heavy (non-hydrogen) atoms. The number of rotatable bonds is 1. The summed E-state index contributed by atoms with van der Waals surface area (Å²) in [6, 6.07) is 0.798. The van der Waals surface area contributed by atoms with Gasteiger partial charge in [-0.15, -0.1) is 11.8 Å². The summed E-state index contributed by atoms with van der Waals surface area (Å²) in [5.74, 6) is 1.64. The van der Waals surface area contributed by atoms with E-state index in [-0.39, 0.29) is 0 Å². The second-order valence-corrected chi connectivity index (χ2v) is 7.35. The lowest BCUT2D eigenvalue weighted by Gasteiger charge is -2.36. The lowest BCUT2D eigenvalue weighted by molar-refractivity contribution is 0.160. The van der Waals surface area contributed by atoms with Gasteiger partial charge < -0.3 is 9.80 Å². The van der Waals surface area contributed by atoms with Crippen LogP contribution in [-0.2, 0) is 0 Å². The summed E-state index contributed by atoms with van der Waals surface area (Å²) in [5, 5.41) is 3.16. The van der Waals surface area contributed by atoms with Crippen molar-refractivity contribution in [3.63, 3.8) is 0 Å². The average molecular weight is 262 g/mol. The monoisotopic (exact) mass is 262 g/mol. The highest BCUT2D eigenvalue weighted by molar-refractivity contribution is 8.03. The first-order valence-electron chi connectivity index (χ1n) is 7.35. The van der Waals surface area contributed by atoms with E-state index in [1.165, 1.54) is 32.1 Å². The molecule has 0 bridgehead atoms. The molecular weight excluding hydrogens is 240 g/mol. The van der Waals surface area contributed by atoms with E-state index in [1.54, 1.807) is 5.70 Å². The van der Waals surface area contributed by atoms with Crippen molar-refractivity contribution < 1.29 is 0 Å². The summed E-state index contributed by atoms with van der Waals surface area (Å²) in [4.78, 5) is 5.08. The maximum Gasteiger partial charge on any atom is 0.0896 e. The van der Waals surface area contributed by atoms with Gasteiger partial charge in [0.1, 0.15) is 0 Å². The van der Waals surface area contributed by atoms with Crippen molar-refractivity contribution in [2.75, 3.05) is 13.7 Å². The highest BCUT2D eigenvalue weighted by atomic mass is 32.2. The van der Waals surface area contributed by atoms with Crippen molar-refractivity contribution >= 4 is 11.8 Å². The molecule has 3 aliphatic heterocycles. The molecule has 0 aromatic carbocycles. The molecule has 0 N–H and O–H groups in total. The number of hydrogen-bond acceptors (Lipinski definition) is 3. The third kappa shape index (κ3) is 1.56. The second kappa shape index (κ2) is 4.22. The van der Waals surface area contributed by atoms with E-state index in [9.17, 15) is 0 Å². The van der Waals surface area contributed by atoms with Gasteiger partial charge in [-0.1, -0.05) is 25.3 Å². The van der Waals surface area contributed by atoms with E-state index in [0.29, 0.717) is 5.92 Å². The van der Waals surface area contributed by atoms with Crippen LogP contribution in [0.3, 0.4) is 0 Å². The molecule has 0 amide bonds. The quantitative estimate of drug-likeness (QED) is 0.716. The van der Waals surface area contributed by atoms with Crippen LogP contribution in [0.15, 0.2) is 23.4 Å². The van der Waals surface area contributed by atoms with Crippen LogP contribution in [-0.4, -0.2) is 34.8 Å². The molecule has 2 unspecified atom stereocenters. The lowest BCUT2D eigenvalue weighted by Crippen LogP contribution is -2.42. The summed E-state index contributed by atoms with van der Waals surface area (Å²) < 4.78 is 0. The number of thioether (sulfide) groups is 1. The third-order valence-electron chi connectivity index (χ3n) is 5.11. The minimum absolute atomic E-state index is 0.701. The first-order valence-corrected chi connectivity index (χ1v) is 8.29. The smallest absolute Gasteiger partial charge is 0.0896 e. The van der Waals surface area contributed by atoms with Gasteiger partial charge in [0.05, 0.1) is 6.67 Å². The van der Waals surface area contributed by atoms with Crippen LogP contribution in [0, 0.1) is 11.8 Å². The molecule has 3 atom stereocenters. The van der Waals surface area contributed by atoms with Crippen LogP contribution in [0.1, 0.15) is 32.1 Å². The van der Waals surface area contributed by atoms with E-state index in [0.717, 1.165) is 23.9 Å². The largest absolute Gasteiger partial charge is 0.361 e. The summed E-state index contributed by atoms with van der Waals surface area (Å²) in [6.45, 7) is 1.12. The van der Waals surface area contributed by atoms with E-state index in [2.05, 4.69) is 46.3 Å². The topological polar surface area (TPSA) is 6.48 Å². The molecule has 1 saturated carbocycles. The number of fused-ring (bicyclic) bond motifs is 3. The number of allylic oxidation sites excluding steroid dienone is 1. The van der Waals surface area contributed by atoms with Crippen molar-refractivity contribution in [3.8, 4) is 0 Å². The minimum atomic E-state index is 0.701. The molecule has 4 aliphatic rings. The van der Waals surface area contributed by atoms with Gasteiger partial charge in [0.2, 0.25) is 0 Å². The van der Waals surface area contributed by atoms with E-state index in [1.807, 2.05) is 0 Å². The van der Waals surface area contributed by atoms with Crippen molar-refractivity contribution in [3.05, 3.63) is 23.4 Å². The second-order valence-electron chi connectivity index (χ2n) is 6.27. The molecule has 1 saturated heterocycles. The van der Waals surface area contributed by atoms with Crippen molar-refractivity contribution in [2.45, 2.75) is 43.4 Å². The fourth-order valence-electron chi connectivity index (χ4n) is 4.36. The van der Waals surface area contributed by atoms with E-state index >= 15 is 0 Å². The molecule has 2 nitrogen and oxygen atoms in total. The Morgan fingerprint density at radius 2 is 2.06 bits per heavy atom. The summed E-state index contributed by atoms with van der Waals surface area (Å²) in [6.07, 6.45) is 12.1. The van der Waals surface area contributed by atoms with Gasteiger partial charge in [0, 0.05) is 36.2 Å². The summed E-state index contributed by atoms with van der Waals surface area (Å²) in [5.41, 5.74) is 1.60. The normalized spacial score (nSPS) is 39.2. The van der Waals surface area contributed by atoms with Gasteiger partial charge >= 0.3 is 0 Å². The Morgan fingerprint density at radius 3 is 2.89 bits per heavy atom. The van der Waals surface area contributed by atoms with Crippen LogP contribution < -0.4 is 0 Å². The predicted octanol–water partition coefficient (Wildman–Crippen LogP) is 3.24. The highest BCUT2D eigenvalue weighted by Gasteiger charge is 2.50. The van der Waals surface area contributed by atoms with Crippen molar-refractivity contribution in [1.29, 1.82) is 0 Å². The Balaban J connectivity index is 1.64. The Morgan fingerprint density at radius 1 is 1.22 bits per heavy atom.